The topological polar surface area (TPSA) is 180 Å². The van der Waals surface area contributed by atoms with Crippen molar-refractivity contribution in [3.63, 3.8) is 0 Å². The highest BCUT2D eigenvalue weighted by Gasteiger charge is 2.56. The van der Waals surface area contributed by atoms with Crippen LogP contribution in [0, 0.1) is 10.1 Å². The van der Waals surface area contributed by atoms with Gasteiger partial charge in [0.25, 0.3) is 5.69 Å². The molecule has 15 heteroatoms. The number of nitrogens with zero attached hydrogens (tertiary/aromatic N) is 4. The average Bonchev–Trinajstić information content (AvgIpc) is 3.67. The standard InChI is InChI=1S/C30H46N4O10S/c1-29(2,3)43-27(37)31-20(17-35)9-13-23(31)25-15-16-26(24-14-10-21(18-36)32(24)28(38)44-30(4,5)6)33(25)45(41,42)22-11-7-19(8-12-22)34(39)40/h7-8,11-12,20-21,23-26,35-36H,9-10,13-18H2,1-6H3/t20-,21-,23-,24-,25-,26-/m0/s1. The van der Waals surface area contributed by atoms with Crippen LogP contribution in [-0.4, -0.2) is 111 Å². The first-order valence-corrected chi connectivity index (χ1v) is 16.9. The van der Waals surface area contributed by atoms with Crippen LogP contribution < -0.4 is 0 Å². The van der Waals surface area contributed by atoms with Crippen LogP contribution in [0.3, 0.4) is 0 Å². The van der Waals surface area contributed by atoms with Crippen molar-refractivity contribution in [2.24, 2.45) is 0 Å². The molecule has 2 N–H and O–H groups in total. The van der Waals surface area contributed by atoms with E-state index in [1.165, 1.54) is 26.2 Å². The largest absolute Gasteiger partial charge is 0.444 e. The zero-order chi connectivity index (χ0) is 33.5. The predicted octanol–water partition coefficient (Wildman–Crippen LogP) is 3.64. The first-order chi connectivity index (χ1) is 20.9. The number of amides is 2. The molecule has 1 aromatic rings. The molecule has 0 radical (unpaired) electrons. The zero-order valence-electron chi connectivity index (χ0n) is 26.8. The van der Waals surface area contributed by atoms with Gasteiger partial charge in [0.2, 0.25) is 10.0 Å². The summed E-state index contributed by atoms with van der Waals surface area (Å²) in [4.78, 5) is 40.4. The van der Waals surface area contributed by atoms with Gasteiger partial charge in [-0.25, -0.2) is 18.0 Å². The second kappa shape index (κ2) is 13.0. The number of likely N-dealkylation sites (tertiary alicyclic amines) is 2. The fraction of sp³-hybridized carbons (Fsp3) is 0.733. The number of hydrogen-bond donors (Lipinski definition) is 2. The number of non-ortho nitro benzene ring substituents is 1. The quantitative estimate of drug-likeness (QED) is 0.326. The molecule has 2 amide bonds. The number of rotatable bonds is 7. The number of benzene rings is 1. The van der Waals surface area contributed by atoms with Gasteiger partial charge in [0.15, 0.2) is 0 Å². The lowest BCUT2D eigenvalue weighted by Gasteiger charge is -2.41. The molecular weight excluding hydrogens is 608 g/mol. The molecule has 6 atom stereocenters. The number of nitro benzene ring substituents is 1. The summed E-state index contributed by atoms with van der Waals surface area (Å²) in [6.45, 7) is 9.71. The van der Waals surface area contributed by atoms with Gasteiger partial charge in [-0.1, -0.05) is 0 Å². The van der Waals surface area contributed by atoms with E-state index in [4.69, 9.17) is 9.47 Å². The second-order valence-corrected chi connectivity index (χ2v) is 15.9. The van der Waals surface area contributed by atoms with Crippen molar-refractivity contribution in [3.05, 3.63) is 34.4 Å². The number of hydrogen-bond acceptors (Lipinski definition) is 10. The third-order valence-electron chi connectivity index (χ3n) is 8.65. The maximum absolute atomic E-state index is 14.6. The molecule has 0 spiro atoms. The summed E-state index contributed by atoms with van der Waals surface area (Å²) in [5, 5.41) is 31.6. The summed E-state index contributed by atoms with van der Waals surface area (Å²) in [6, 6.07) is 0.720. The van der Waals surface area contributed by atoms with E-state index in [0.717, 1.165) is 12.1 Å². The van der Waals surface area contributed by atoms with Crippen LogP contribution in [-0.2, 0) is 19.5 Å². The van der Waals surface area contributed by atoms with Crippen LogP contribution >= 0.6 is 0 Å². The minimum absolute atomic E-state index is 0.161. The summed E-state index contributed by atoms with van der Waals surface area (Å²) in [7, 11) is -4.34. The zero-order valence-corrected chi connectivity index (χ0v) is 27.6. The Labute approximate surface area is 264 Å². The van der Waals surface area contributed by atoms with Gasteiger partial charge in [0, 0.05) is 24.2 Å². The third kappa shape index (κ3) is 7.36. The monoisotopic (exact) mass is 654 g/mol. The molecule has 3 saturated heterocycles. The highest BCUT2D eigenvalue weighted by Crippen LogP contribution is 2.44. The number of carbonyl (C=O) groups excluding carboxylic acids is 2. The number of sulfonamides is 1. The van der Waals surface area contributed by atoms with Crippen LogP contribution in [0.5, 0.6) is 0 Å². The van der Waals surface area contributed by atoms with E-state index < -0.39 is 74.6 Å². The number of nitro groups is 1. The van der Waals surface area contributed by atoms with Crippen molar-refractivity contribution in [3.8, 4) is 0 Å². The van der Waals surface area contributed by atoms with Crippen molar-refractivity contribution >= 4 is 27.9 Å². The van der Waals surface area contributed by atoms with E-state index in [0.29, 0.717) is 38.5 Å². The van der Waals surface area contributed by atoms with E-state index >= 15 is 0 Å². The molecule has 4 rings (SSSR count). The number of aliphatic hydroxyl groups excluding tert-OH is 2. The summed E-state index contributed by atoms with van der Waals surface area (Å²) < 4.78 is 41.8. The number of ether oxygens (including phenoxy) is 2. The van der Waals surface area contributed by atoms with E-state index in [2.05, 4.69) is 0 Å². The molecule has 0 saturated carbocycles. The van der Waals surface area contributed by atoms with Crippen molar-refractivity contribution in [2.45, 2.75) is 132 Å². The highest BCUT2D eigenvalue weighted by atomic mass is 32.2. The Bertz CT molecular complexity index is 1300. The lowest BCUT2D eigenvalue weighted by Crippen LogP contribution is -2.58. The second-order valence-electron chi connectivity index (χ2n) is 14.0. The lowest BCUT2D eigenvalue weighted by atomic mass is 10.0. The Kier molecular flexibility index (Phi) is 10.1. The van der Waals surface area contributed by atoms with E-state index in [1.54, 1.807) is 41.5 Å². The van der Waals surface area contributed by atoms with Gasteiger partial charge >= 0.3 is 12.2 Å². The molecule has 3 aliphatic rings. The molecule has 3 fully saturated rings. The van der Waals surface area contributed by atoms with Gasteiger partial charge in [-0.2, -0.15) is 4.31 Å². The molecular formula is C30H46N4O10S. The Balaban J connectivity index is 1.79. The minimum atomic E-state index is -4.34. The van der Waals surface area contributed by atoms with Gasteiger partial charge in [-0.05, 0) is 92.2 Å². The molecule has 252 valence electrons. The summed E-state index contributed by atoms with van der Waals surface area (Å²) in [5.74, 6) is 0. The highest BCUT2D eigenvalue weighted by molar-refractivity contribution is 7.89. The Hall–Kier alpha value is -3.01. The lowest BCUT2D eigenvalue weighted by molar-refractivity contribution is -0.384. The molecule has 0 aromatic heterocycles. The van der Waals surface area contributed by atoms with Crippen LogP contribution in [0.4, 0.5) is 15.3 Å². The maximum Gasteiger partial charge on any atom is 0.410 e. The third-order valence-corrected chi connectivity index (χ3v) is 10.6. The van der Waals surface area contributed by atoms with Gasteiger partial charge in [-0.15, -0.1) is 0 Å². The average molecular weight is 655 g/mol. The Morgan fingerprint density at radius 3 is 1.49 bits per heavy atom. The van der Waals surface area contributed by atoms with Crippen molar-refractivity contribution < 1.29 is 42.6 Å². The minimum Gasteiger partial charge on any atom is -0.444 e. The molecule has 45 heavy (non-hydrogen) atoms. The SMILES string of the molecule is CC(C)(C)OC(=O)N1[C@H](CO)CC[C@H]1[C@@H]1CC[C@@H]([C@@H]2CC[C@@H](CO)N2C(=O)OC(C)(C)C)N1S(=O)(=O)c1ccc([N+](=O)[O-])cc1. The van der Waals surface area contributed by atoms with E-state index in [-0.39, 0.29) is 23.8 Å². The van der Waals surface area contributed by atoms with Crippen LogP contribution in [0.15, 0.2) is 29.2 Å². The molecule has 0 aliphatic carbocycles. The fourth-order valence-corrected chi connectivity index (χ4v) is 8.85. The molecule has 1 aromatic carbocycles. The van der Waals surface area contributed by atoms with Gasteiger partial charge < -0.3 is 19.7 Å². The van der Waals surface area contributed by atoms with Crippen LogP contribution in [0.1, 0.15) is 80.1 Å². The molecule has 14 nitrogen and oxygen atoms in total. The van der Waals surface area contributed by atoms with Gasteiger partial charge in [-0.3, -0.25) is 19.9 Å². The first kappa shape index (κ1) is 34.9. The smallest absolute Gasteiger partial charge is 0.410 e. The van der Waals surface area contributed by atoms with Crippen molar-refractivity contribution in [2.75, 3.05) is 13.2 Å². The molecule has 0 unspecified atom stereocenters. The maximum atomic E-state index is 14.6. The van der Waals surface area contributed by atoms with E-state index in [9.17, 15) is 38.3 Å². The van der Waals surface area contributed by atoms with Gasteiger partial charge in [0.1, 0.15) is 11.2 Å². The van der Waals surface area contributed by atoms with Gasteiger partial charge in [0.05, 0.1) is 47.2 Å². The number of aliphatic hydroxyl groups is 2. The predicted molar refractivity (Wildman–Crippen MR) is 163 cm³/mol. The first-order valence-electron chi connectivity index (χ1n) is 15.4. The normalized spacial score (nSPS) is 28.0. The fourth-order valence-electron chi connectivity index (χ4n) is 6.92. The number of carbonyl (C=O) groups is 2. The Morgan fingerprint density at radius 1 is 0.778 bits per heavy atom. The molecule has 3 heterocycles. The molecule has 3 aliphatic heterocycles. The Morgan fingerprint density at radius 2 is 1.16 bits per heavy atom. The summed E-state index contributed by atoms with van der Waals surface area (Å²) in [6.07, 6.45) is 1.08. The van der Waals surface area contributed by atoms with E-state index in [1.807, 2.05) is 0 Å². The summed E-state index contributed by atoms with van der Waals surface area (Å²) >= 11 is 0. The van der Waals surface area contributed by atoms with Crippen molar-refractivity contribution in [1.29, 1.82) is 0 Å². The van der Waals surface area contributed by atoms with Crippen LogP contribution in [0.25, 0.3) is 0 Å². The summed E-state index contributed by atoms with van der Waals surface area (Å²) in [5.41, 5.74) is -1.92. The van der Waals surface area contributed by atoms with Crippen LogP contribution in [0.2, 0.25) is 0 Å². The molecule has 0 bridgehead atoms. The van der Waals surface area contributed by atoms with Crippen molar-refractivity contribution in [1.82, 2.24) is 14.1 Å².